The standard InChI is InChI=1S/C18H18N6S2/c1-11-4-2-6-13-15(11)23-18(26-13)24-17-14(19)16(21-10-22-17)20-8-7-12-5-3-9-25-12/h2-6,9-10H,7-8,19H2,1H3,(H2,20,21,22,23,24). The number of nitrogens with zero attached hydrogens (tertiary/aromatic N) is 3. The van der Waals surface area contributed by atoms with E-state index in [2.05, 4.69) is 62.2 Å². The predicted octanol–water partition coefficient (Wildman–Crippen LogP) is 4.44. The van der Waals surface area contributed by atoms with Crippen molar-refractivity contribution in [3.05, 3.63) is 52.5 Å². The van der Waals surface area contributed by atoms with Gasteiger partial charge in [0.15, 0.2) is 16.8 Å². The molecule has 0 aliphatic carbocycles. The van der Waals surface area contributed by atoms with Crippen LogP contribution in [0.1, 0.15) is 10.4 Å². The Kier molecular flexibility index (Phi) is 4.68. The first-order chi connectivity index (χ1) is 12.7. The van der Waals surface area contributed by atoms with Crippen LogP contribution in [-0.2, 0) is 6.42 Å². The molecular weight excluding hydrogens is 364 g/mol. The van der Waals surface area contributed by atoms with Gasteiger partial charge in [-0.15, -0.1) is 11.3 Å². The summed E-state index contributed by atoms with van der Waals surface area (Å²) in [4.78, 5) is 14.5. The van der Waals surface area contributed by atoms with E-state index in [1.54, 1.807) is 22.7 Å². The van der Waals surface area contributed by atoms with Gasteiger partial charge in [-0.1, -0.05) is 29.5 Å². The monoisotopic (exact) mass is 382 g/mol. The van der Waals surface area contributed by atoms with E-state index in [9.17, 15) is 0 Å². The average molecular weight is 383 g/mol. The highest BCUT2D eigenvalue weighted by atomic mass is 32.1. The third kappa shape index (κ3) is 3.47. The molecule has 8 heteroatoms. The summed E-state index contributed by atoms with van der Waals surface area (Å²) in [7, 11) is 0. The maximum absolute atomic E-state index is 6.24. The fourth-order valence-corrected chi connectivity index (χ4v) is 4.29. The average Bonchev–Trinajstić information content (AvgIpc) is 3.28. The Labute approximate surface area is 159 Å². The van der Waals surface area contributed by atoms with E-state index in [1.807, 2.05) is 6.07 Å². The molecule has 0 spiro atoms. The maximum Gasteiger partial charge on any atom is 0.189 e. The van der Waals surface area contributed by atoms with Crippen molar-refractivity contribution in [3.8, 4) is 0 Å². The lowest BCUT2D eigenvalue weighted by Gasteiger charge is -2.11. The van der Waals surface area contributed by atoms with Gasteiger partial charge in [-0.3, -0.25) is 0 Å². The molecule has 0 aliphatic heterocycles. The van der Waals surface area contributed by atoms with Gasteiger partial charge < -0.3 is 16.4 Å². The number of nitrogens with two attached hydrogens (primary N) is 1. The summed E-state index contributed by atoms with van der Waals surface area (Å²) in [5.74, 6) is 1.20. The third-order valence-corrected chi connectivity index (χ3v) is 5.85. The van der Waals surface area contributed by atoms with E-state index in [-0.39, 0.29) is 0 Å². The Bertz CT molecular complexity index is 1030. The van der Waals surface area contributed by atoms with Crippen LogP contribution in [0.5, 0.6) is 0 Å². The minimum atomic E-state index is 0.495. The molecule has 4 N–H and O–H groups in total. The fourth-order valence-electron chi connectivity index (χ4n) is 2.64. The van der Waals surface area contributed by atoms with Gasteiger partial charge in [0.1, 0.15) is 12.0 Å². The van der Waals surface area contributed by atoms with Gasteiger partial charge in [-0.25, -0.2) is 15.0 Å². The topological polar surface area (TPSA) is 88.8 Å². The fraction of sp³-hybridized carbons (Fsp3) is 0.167. The summed E-state index contributed by atoms with van der Waals surface area (Å²) in [6.07, 6.45) is 2.44. The van der Waals surface area contributed by atoms with Crippen LogP contribution in [0.15, 0.2) is 42.0 Å². The molecule has 4 aromatic rings. The summed E-state index contributed by atoms with van der Waals surface area (Å²) >= 11 is 3.33. The van der Waals surface area contributed by atoms with Gasteiger partial charge in [-0.05, 0) is 36.4 Å². The number of nitrogens with one attached hydrogen (secondary N) is 2. The van der Waals surface area contributed by atoms with Crippen LogP contribution in [0, 0.1) is 6.92 Å². The number of nitrogen functional groups attached to an aromatic ring is 1. The molecule has 0 unspecified atom stereocenters. The Balaban J connectivity index is 1.50. The molecule has 0 saturated heterocycles. The van der Waals surface area contributed by atoms with Gasteiger partial charge in [0, 0.05) is 11.4 Å². The van der Waals surface area contributed by atoms with Crippen LogP contribution in [-0.4, -0.2) is 21.5 Å². The molecule has 26 heavy (non-hydrogen) atoms. The summed E-state index contributed by atoms with van der Waals surface area (Å²) in [6.45, 7) is 2.82. The lowest BCUT2D eigenvalue weighted by Crippen LogP contribution is -2.10. The zero-order valence-corrected chi connectivity index (χ0v) is 15.8. The molecule has 3 heterocycles. The molecule has 0 amide bonds. The number of benzene rings is 1. The number of para-hydroxylation sites is 1. The molecule has 0 atom stereocenters. The normalized spacial score (nSPS) is 11.0. The second-order valence-corrected chi connectivity index (χ2v) is 7.87. The number of aromatic nitrogens is 3. The molecule has 1 aromatic carbocycles. The largest absolute Gasteiger partial charge is 0.393 e. The second kappa shape index (κ2) is 7.27. The van der Waals surface area contributed by atoms with Crippen molar-refractivity contribution in [2.24, 2.45) is 0 Å². The Hall–Kier alpha value is -2.71. The Morgan fingerprint density at radius 1 is 1.12 bits per heavy atom. The number of thiophene rings is 1. The lowest BCUT2D eigenvalue weighted by molar-refractivity contribution is 1.02. The first-order valence-electron chi connectivity index (χ1n) is 8.20. The van der Waals surface area contributed by atoms with Crippen molar-refractivity contribution < 1.29 is 0 Å². The molecule has 0 aliphatic rings. The predicted molar refractivity (Wildman–Crippen MR) is 111 cm³/mol. The number of fused-ring (bicyclic) bond motifs is 1. The van der Waals surface area contributed by atoms with Gasteiger partial charge in [0.25, 0.3) is 0 Å². The number of hydrogen-bond acceptors (Lipinski definition) is 8. The van der Waals surface area contributed by atoms with Gasteiger partial charge in [-0.2, -0.15) is 0 Å². The van der Waals surface area contributed by atoms with Crippen LogP contribution in [0.25, 0.3) is 10.2 Å². The van der Waals surface area contributed by atoms with Gasteiger partial charge in [0.2, 0.25) is 0 Å². The minimum Gasteiger partial charge on any atom is -0.393 e. The number of thiazole rings is 1. The first kappa shape index (κ1) is 16.7. The molecule has 6 nitrogen and oxygen atoms in total. The highest BCUT2D eigenvalue weighted by molar-refractivity contribution is 7.22. The number of hydrogen-bond donors (Lipinski definition) is 3. The molecule has 4 rings (SSSR count). The zero-order chi connectivity index (χ0) is 17.9. The molecule has 3 aromatic heterocycles. The van der Waals surface area contributed by atoms with Gasteiger partial charge >= 0.3 is 0 Å². The number of aryl methyl sites for hydroxylation is 1. The summed E-state index contributed by atoms with van der Waals surface area (Å²) < 4.78 is 1.13. The van der Waals surface area contributed by atoms with Crippen LogP contribution in [0.2, 0.25) is 0 Å². The maximum atomic E-state index is 6.24. The molecule has 0 fully saturated rings. The Morgan fingerprint density at radius 3 is 2.81 bits per heavy atom. The number of anilines is 4. The van der Waals surface area contributed by atoms with E-state index in [0.717, 1.165) is 33.9 Å². The second-order valence-electron chi connectivity index (χ2n) is 5.81. The molecule has 0 saturated carbocycles. The smallest absolute Gasteiger partial charge is 0.189 e. The Morgan fingerprint density at radius 2 is 2.00 bits per heavy atom. The van der Waals surface area contributed by atoms with E-state index in [0.29, 0.717) is 17.3 Å². The quantitative estimate of drug-likeness (QED) is 0.457. The van der Waals surface area contributed by atoms with E-state index < -0.39 is 0 Å². The SMILES string of the molecule is Cc1cccc2sc(Nc3ncnc(NCCc4cccs4)c3N)nc12. The molecule has 0 bridgehead atoms. The number of rotatable bonds is 6. The third-order valence-electron chi connectivity index (χ3n) is 3.97. The zero-order valence-electron chi connectivity index (χ0n) is 14.2. The summed E-state index contributed by atoms with van der Waals surface area (Å²) in [6, 6.07) is 10.3. The molecule has 0 radical (unpaired) electrons. The van der Waals surface area contributed by atoms with Crippen LogP contribution >= 0.6 is 22.7 Å². The van der Waals surface area contributed by atoms with Gasteiger partial charge in [0.05, 0.1) is 10.2 Å². The van der Waals surface area contributed by atoms with Crippen molar-refractivity contribution in [1.82, 2.24) is 15.0 Å². The van der Waals surface area contributed by atoms with Crippen molar-refractivity contribution in [2.75, 3.05) is 22.9 Å². The van der Waals surface area contributed by atoms with Crippen LogP contribution in [0.4, 0.5) is 22.5 Å². The summed E-state index contributed by atoms with van der Waals surface area (Å²) in [5.41, 5.74) is 8.89. The van der Waals surface area contributed by atoms with Crippen LogP contribution in [0.3, 0.4) is 0 Å². The minimum absolute atomic E-state index is 0.495. The van der Waals surface area contributed by atoms with Crippen molar-refractivity contribution in [1.29, 1.82) is 0 Å². The summed E-state index contributed by atoms with van der Waals surface area (Å²) in [5, 5.41) is 9.36. The van der Waals surface area contributed by atoms with Crippen molar-refractivity contribution >= 4 is 55.3 Å². The highest BCUT2D eigenvalue weighted by Gasteiger charge is 2.11. The van der Waals surface area contributed by atoms with E-state index in [4.69, 9.17) is 5.73 Å². The first-order valence-corrected chi connectivity index (χ1v) is 9.90. The lowest BCUT2D eigenvalue weighted by atomic mass is 10.2. The highest BCUT2D eigenvalue weighted by Crippen LogP contribution is 2.32. The molecule has 132 valence electrons. The van der Waals surface area contributed by atoms with E-state index in [1.165, 1.54) is 11.2 Å². The van der Waals surface area contributed by atoms with Crippen molar-refractivity contribution in [3.63, 3.8) is 0 Å². The van der Waals surface area contributed by atoms with Crippen molar-refractivity contribution in [2.45, 2.75) is 13.3 Å². The van der Waals surface area contributed by atoms with Crippen LogP contribution < -0.4 is 16.4 Å². The van der Waals surface area contributed by atoms with E-state index >= 15 is 0 Å². The molecular formula is C18H18N6S2.